The molecule has 2 aliphatic carbocycles. The smallest absolute Gasteiger partial charge is 0.166 e. The van der Waals surface area contributed by atoms with Gasteiger partial charge < -0.3 is 5.32 Å². The number of rotatable bonds is 0. The van der Waals surface area contributed by atoms with E-state index in [9.17, 15) is 4.79 Å². The summed E-state index contributed by atoms with van der Waals surface area (Å²) < 4.78 is 0. The van der Waals surface area contributed by atoms with Gasteiger partial charge in [-0.05, 0) is 31.8 Å². The average Bonchev–Trinajstić information content (AvgIpc) is 2.48. The van der Waals surface area contributed by atoms with Gasteiger partial charge in [-0.25, -0.2) is 0 Å². The summed E-state index contributed by atoms with van der Waals surface area (Å²) in [6.45, 7) is 0. The molecule has 0 bridgehead atoms. The minimum absolute atomic E-state index is 0.223. The van der Waals surface area contributed by atoms with Gasteiger partial charge in [0, 0.05) is 24.0 Å². The summed E-state index contributed by atoms with van der Waals surface area (Å²) in [5, 5.41) is 3.41. The number of carbonyl (C=O) groups excluding carboxylic acids is 1. The van der Waals surface area contributed by atoms with Gasteiger partial charge >= 0.3 is 0 Å². The number of carbonyl (C=O) groups is 1. The van der Waals surface area contributed by atoms with E-state index < -0.39 is 0 Å². The van der Waals surface area contributed by atoms with E-state index >= 15 is 0 Å². The maximum absolute atomic E-state index is 11.8. The van der Waals surface area contributed by atoms with E-state index in [1.54, 1.807) is 6.21 Å². The third kappa shape index (κ3) is 1.52. The summed E-state index contributed by atoms with van der Waals surface area (Å²) in [4.78, 5) is 16.2. The zero-order valence-corrected chi connectivity index (χ0v) is 9.12. The molecule has 0 saturated carbocycles. The third-order valence-corrected chi connectivity index (χ3v) is 3.24. The van der Waals surface area contributed by atoms with E-state index in [0.717, 1.165) is 42.7 Å². The van der Waals surface area contributed by atoms with Crippen LogP contribution in [0.5, 0.6) is 0 Å². The van der Waals surface area contributed by atoms with Gasteiger partial charge in [0.1, 0.15) is 0 Å². The Balaban J connectivity index is 2.01. The minimum atomic E-state index is 0.223. The Morgan fingerprint density at radius 1 is 1.19 bits per heavy atom. The van der Waals surface area contributed by atoms with Gasteiger partial charge in [0.25, 0.3) is 0 Å². The van der Waals surface area contributed by atoms with E-state index in [-0.39, 0.29) is 5.78 Å². The fraction of sp³-hybridized carbons (Fsp3) is 0.385. The molecular formula is C13H14N2O. The molecule has 0 aromatic carbocycles. The van der Waals surface area contributed by atoms with Crippen molar-refractivity contribution in [1.82, 2.24) is 5.32 Å². The van der Waals surface area contributed by atoms with Crippen LogP contribution in [0.1, 0.15) is 32.1 Å². The predicted molar refractivity (Wildman–Crippen MR) is 62.9 cm³/mol. The predicted octanol–water partition coefficient (Wildman–Crippen LogP) is 2.23. The molecule has 0 atom stereocenters. The van der Waals surface area contributed by atoms with Crippen molar-refractivity contribution in [1.29, 1.82) is 0 Å². The number of hydrogen-bond acceptors (Lipinski definition) is 3. The highest BCUT2D eigenvalue weighted by atomic mass is 16.1. The lowest BCUT2D eigenvalue weighted by atomic mass is 9.95. The van der Waals surface area contributed by atoms with Crippen LogP contribution in [0.15, 0.2) is 39.8 Å². The van der Waals surface area contributed by atoms with Gasteiger partial charge in [-0.2, -0.15) is 0 Å². The van der Waals surface area contributed by atoms with Crippen LogP contribution in [0.2, 0.25) is 0 Å². The molecule has 0 radical (unpaired) electrons. The lowest BCUT2D eigenvalue weighted by Gasteiger charge is -2.19. The molecule has 3 heteroatoms. The fourth-order valence-corrected chi connectivity index (χ4v) is 2.36. The SMILES string of the molecule is O=C1CCCC2=C1C=NC1=C(CCC=C1)N2. The molecule has 3 aliphatic rings. The van der Waals surface area contributed by atoms with Crippen molar-refractivity contribution >= 4 is 12.0 Å². The fourth-order valence-electron chi connectivity index (χ4n) is 2.36. The second-order valence-electron chi connectivity index (χ2n) is 4.36. The maximum Gasteiger partial charge on any atom is 0.166 e. The molecule has 0 aromatic heterocycles. The standard InChI is InChI=1S/C13H14N2O/c16-13-7-3-6-10-9(13)8-14-11-4-1-2-5-12(11)15-10/h1,4,8,15H,2-3,5-7H2. The normalized spacial score (nSPS) is 23.9. The number of hydrogen-bond donors (Lipinski definition) is 1. The van der Waals surface area contributed by atoms with E-state index in [1.807, 2.05) is 6.08 Å². The van der Waals surface area contributed by atoms with Crippen molar-refractivity contribution in [3.63, 3.8) is 0 Å². The Hall–Kier alpha value is -1.64. The van der Waals surface area contributed by atoms with Crippen molar-refractivity contribution in [3.8, 4) is 0 Å². The monoisotopic (exact) mass is 214 g/mol. The quantitative estimate of drug-likeness (QED) is 0.671. The molecule has 1 N–H and O–H groups in total. The summed E-state index contributed by atoms with van der Waals surface area (Å²) in [6.07, 6.45) is 10.5. The molecule has 1 aliphatic heterocycles. The van der Waals surface area contributed by atoms with Crippen molar-refractivity contribution < 1.29 is 4.79 Å². The summed E-state index contributed by atoms with van der Waals surface area (Å²) in [7, 11) is 0. The first-order valence-corrected chi connectivity index (χ1v) is 5.82. The van der Waals surface area contributed by atoms with Crippen LogP contribution in [0, 0.1) is 0 Å². The number of nitrogens with one attached hydrogen (secondary N) is 1. The Morgan fingerprint density at radius 3 is 3.06 bits per heavy atom. The molecule has 3 nitrogen and oxygen atoms in total. The second kappa shape index (κ2) is 3.74. The van der Waals surface area contributed by atoms with Gasteiger partial charge in [-0.3, -0.25) is 9.79 Å². The zero-order valence-electron chi connectivity index (χ0n) is 9.12. The first-order valence-electron chi connectivity index (χ1n) is 5.82. The van der Waals surface area contributed by atoms with Crippen molar-refractivity contribution in [2.24, 2.45) is 4.99 Å². The van der Waals surface area contributed by atoms with Crippen LogP contribution >= 0.6 is 0 Å². The number of nitrogens with zero attached hydrogens (tertiary/aromatic N) is 1. The Labute approximate surface area is 94.6 Å². The molecule has 82 valence electrons. The lowest BCUT2D eigenvalue weighted by Crippen LogP contribution is -2.22. The number of ketones is 1. The van der Waals surface area contributed by atoms with Crippen molar-refractivity contribution in [2.45, 2.75) is 32.1 Å². The summed E-state index contributed by atoms with van der Waals surface area (Å²) in [5.41, 5.74) is 4.00. The van der Waals surface area contributed by atoms with Crippen LogP contribution in [-0.2, 0) is 4.79 Å². The Kier molecular flexibility index (Phi) is 2.24. The van der Waals surface area contributed by atoms with E-state index in [2.05, 4.69) is 16.4 Å². The number of Topliss-reactive ketones (excluding diaryl/α,β-unsaturated/α-hetero) is 1. The lowest BCUT2D eigenvalue weighted by molar-refractivity contribution is -0.115. The van der Waals surface area contributed by atoms with Gasteiger partial charge in [-0.15, -0.1) is 0 Å². The summed E-state index contributed by atoms with van der Waals surface area (Å²) in [5.74, 6) is 0.223. The first kappa shape index (κ1) is 9.58. The van der Waals surface area contributed by atoms with E-state index in [0.29, 0.717) is 6.42 Å². The third-order valence-electron chi connectivity index (χ3n) is 3.24. The average molecular weight is 214 g/mol. The van der Waals surface area contributed by atoms with Crippen LogP contribution in [0.25, 0.3) is 0 Å². The van der Waals surface area contributed by atoms with E-state index in [1.165, 1.54) is 5.70 Å². The van der Waals surface area contributed by atoms with Gasteiger partial charge in [0.2, 0.25) is 0 Å². The molecule has 0 amide bonds. The van der Waals surface area contributed by atoms with Crippen LogP contribution in [0.4, 0.5) is 0 Å². The van der Waals surface area contributed by atoms with Crippen LogP contribution in [0.3, 0.4) is 0 Å². The molecule has 1 heterocycles. The molecule has 0 spiro atoms. The second-order valence-corrected chi connectivity index (χ2v) is 4.36. The topological polar surface area (TPSA) is 41.5 Å². The largest absolute Gasteiger partial charge is 0.360 e. The summed E-state index contributed by atoms with van der Waals surface area (Å²) >= 11 is 0. The van der Waals surface area contributed by atoms with Crippen molar-refractivity contribution in [2.75, 3.05) is 0 Å². The highest BCUT2D eigenvalue weighted by Gasteiger charge is 2.22. The molecule has 3 rings (SSSR count). The molecule has 0 aromatic rings. The highest BCUT2D eigenvalue weighted by Crippen LogP contribution is 2.26. The van der Waals surface area contributed by atoms with Crippen LogP contribution in [-0.4, -0.2) is 12.0 Å². The van der Waals surface area contributed by atoms with Gasteiger partial charge in [0.05, 0.1) is 11.3 Å². The number of aliphatic imine (C=N–C) groups is 1. The van der Waals surface area contributed by atoms with Crippen molar-refractivity contribution in [3.05, 3.63) is 34.8 Å². The Bertz CT molecular complexity index is 466. The first-order chi connectivity index (χ1) is 7.84. The molecule has 0 fully saturated rings. The van der Waals surface area contributed by atoms with Gasteiger partial charge in [0.15, 0.2) is 5.78 Å². The zero-order chi connectivity index (χ0) is 11.0. The molecular weight excluding hydrogens is 200 g/mol. The Morgan fingerprint density at radius 2 is 2.12 bits per heavy atom. The maximum atomic E-state index is 11.8. The summed E-state index contributed by atoms with van der Waals surface area (Å²) in [6, 6.07) is 0. The molecule has 16 heavy (non-hydrogen) atoms. The van der Waals surface area contributed by atoms with E-state index in [4.69, 9.17) is 0 Å². The highest BCUT2D eigenvalue weighted by molar-refractivity contribution is 6.14. The number of allylic oxidation sites excluding steroid dienone is 5. The van der Waals surface area contributed by atoms with Gasteiger partial charge in [-0.1, -0.05) is 6.08 Å². The van der Waals surface area contributed by atoms with Crippen LogP contribution < -0.4 is 5.32 Å². The minimum Gasteiger partial charge on any atom is -0.360 e. The molecule has 0 saturated heterocycles. The molecule has 0 unspecified atom stereocenters.